The number of hydrogen-bond acceptors (Lipinski definition) is 2. The molecule has 0 spiro atoms. The van der Waals surface area contributed by atoms with Crippen molar-refractivity contribution in [2.75, 3.05) is 0 Å². The number of nitrogens with zero attached hydrogens (tertiary/aromatic N) is 1. The third kappa shape index (κ3) is 3.96. The van der Waals surface area contributed by atoms with Crippen molar-refractivity contribution in [2.24, 2.45) is 0 Å². The third-order valence-electron chi connectivity index (χ3n) is 4.02. The topological polar surface area (TPSA) is 37.4 Å². The van der Waals surface area contributed by atoms with Gasteiger partial charge in [-0.1, -0.05) is 66.7 Å². The number of rotatable bonds is 4. The van der Waals surface area contributed by atoms with Crippen LogP contribution in [0.25, 0.3) is 0 Å². The minimum atomic E-state index is -3.76. The smallest absolute Gasteiger partial charge is 0.217 e. The maximum atomic E-state index is 13.2. The Morgan fingerprint density at radius 3 is 1.85 bits per heavy atom. The maximum absolute atomic E-state index is 13.2. The molecule has 3 aromatic rings. The fraction of sp³-hybridized carbons (Fsp3) is 0.0909. The lowest BCUT2D eigenvalue weighted by atomic mass is 10.1. The minimum absolute atomic E-state index is 0.227. The lowest BCUT2D eigenvalue weighted by Crippen LogP contribution is -2.29. The van der Waals surface area contributed by atoms with Gasteiger partial charge >= 0.3 is 0 Å². The van der Waals surface area contributed by atoms with Gasteiger partial charge in [0.2, 0.25) is 0 Å². The van der Waals surface area contributed by atoms with E-state index in [1.807, 2.05) is 67.6 Å². The molecule has 0 radical (unpaired) electrons. The van der Waals surface area contributed by atoms with E-state index in [1.165, 1.54) is 4.31 Å². The van der Waals surface area contributed by atoms with Gasteiger partial charge in [-0.2, -0.15) is 0 Å². The Balaban J connectivity index is 2.06. The Kier molecular flexibility index (Phi) is 5.40. The summed E-state index contributed by atoms with van der Waals surface area (Å²) in [6.45, 7) is 1.84. The molecule has 0 aliphatic heterocycles. The molecule has 4 heteroatoms. The van der Waals surface area contributed by atoms with Gasteiger partial charge in [-0.15, -0.1) is 0 Å². The molecule has 0 aromatic heterocycles. The van der Waals surface area contributed by atoms with E-state index in [-0.39, 0.29) is 4.90 Å². The summed E-state index contributed by atoms with van der Waals surface area (Å²) >= 11 is 0. The Morgan fingerprint density at radius 2 is 1.27 bits per heavy atom. The molecule has 0 fully saturated rings. The van der Waals surface area contributed by atoms with Crippen LogP contribution in [-0.4, -0.2) is 12.7 Å². The highest BCUT2D eigenvalue weighted by atomic mass is 32.2. The van der Waals surface area contributed by atoms with Crippen molar-refractivity contribution in [3.8, 4) is 12.0 Å². The molecule has 0 aliphatic carbocycles. The van der Waals surface area contributed by atoms with Gasteiger partial charge in [-0.3, -0.25) is 0 Å². The van der Waals surface area contributed by atoms with Crippen LogP contribution >= 0.6 is 0 Å². The molecule has 130 valence electrons. The fourth-order valence-corrected chi connectivity index (χ4v) is 4.01. The average Bonchev–Trinajstić information content (AvgIpc) is 2.70. The second-order valence-electron chi connectivity index (χ2n) is 5.80. The van der Waals surface area contributed by atoms with Crippen LogP contribution < -0.4 is 0 Å². The van der Waals surface area contributed by atoms with E-state index in [1.54, 1.807) is 30.3 Å². The predicted octanol–water partition coefficient (Wildman–Crippen LogP) is 4.45. The van der Waals surface area contributed by atoms with E-state index >= 15 is 0 Å². The molecule has 26 heavy (non-hydrogen) atoms. The van der Waals surface area contributed by atoms with Gasteiger partial charge in [0.1, 0.15) is 0 Å². The zero-order valence-corrected chi connectivity index (χ0v) is 15.2. The Morgan fingerprint density at radius 1 is 0.769 bits per heavy atom. The second kappa shape index (κ2) is 7.90. The summed E-state index contributed by atoms with van der Waals surface area (Å²) in [6.07, 6.45) is 0. The summed E-state index contributed by atoms with van der Waals surface area (Å²) in [4.78, 5) is 0.227. The van der Waals surface area contributed by atoms with Crippen molar-refractivity contribution in [2.45, 2.75) is 17.9 Å². The van der Waals surface area contributed by atoms with Crippen LogP contribution in [0, 0.1) is 12.0 Å². The molecule has 0 bridgehead atoms. The van der Waals surface area contributed by atoms with Gasteiger partial charge in [0.15, 0.2) is 0 Å². The van der Waals surface area contributed by atoms with Crippen LogP contribution in [0.5, 0.6) is 0 Å². The van der Waals surface area contributed by atoms with E-state index in [4.69, 9.17) is 0 Å². The van der Waals surface area contributed by atoms with Gasteiger partial charge in [-0.05, 0) is 42.7 Å². The highest BCUT2D eigenvalue weighted by molar-refractivity contribution is 7.89. The minimum Gasteiger partial charge on any atom is -0.217 e. The molecule has 0 N–H and O–H groups in total. The standard InChI is InChI=1S/C22H19NO2S/c1-19(21-13-7-3-8-14-21)23(18-17-20-11-5-2-6-12-20)26(24,25)22-15-9-4-10-16-22/h2-16,19H,1H3/t19-/m0/s1. The summed E-state index contributed by atoms with van der Waals surface area (Å²) < 4.78 is 27.6. The molecular weight excluding hydrogens is 342 g/mol. The summed E-state index contributed by atoms with van der Waals surface area (Å²) in [7, 11) is -3.76. The molecule has 0 saturated carbocycles. The molecule has 0 saturated heterocycles. The molecule has 3 aromatic carbocycles. The van der Waals surface area contributed by atoms with Crippen molar-refractivity contribution in [1.29, 1.82) is 0 Å². The van der Waals surface area contributed by atoms with Crippen LogP contribution in [0.2, 0.25) is 0 Å². The molecule has 0 unspecified atom stereocenters. The first-order valence-electron chi connectivity index (χ1n) is 8.30. The quantitative estimate of drug-likeness (QED) is 0.509. The van der Waals surface area contributed by atoms with Crippen molar-refractivity contribution in [3.63, 3.8) is 0 Å². The predicted molar refractivity (Wildman–Crippen MR) is 104 cm³/mol. The molecule has 0 amide bonds. The summed E-state index contributed by atoms with van der Waals surface area (Å²) in [5.74, 6) is 2.97. The highest BCUT2D eigenvalue weighted by Gasteiger charge is 2.27. The maximum Gasteiger partial charge on any atom is 0.271 e. The summed E-state index contributed by atoms with van der Waals surface area (Å²) in [5, 5.41) is 0. The van der Waals surface area contributed by atoms with Gasteiger partial charge < -0.3 is 0 Å². The van der Waals surface area contributed by atoms with Crippen LogP contribution in [-0.2, 0) is 10.0 Å². The van der Waals surface area contributed by atoms with Gasteiger partial charge in [-0.25, -0.2) is 12.7 Å². The summed E-state index contributed by atoms with van der Waals surface area (Å²) in [6, 6.07) is 29.7. The molecule has 0 heterocycles. The lowest BCUT2D eigenvalue weighted by molar-refractivity contribution is 0.447. The Hall–Kier alpha value is -3.03. The third-order valence-corrected chi connectivity index (χ3v) is 5.81. The first-order chi connectivity index (χ1) is 12.6. The summed E-state index contributed by atoms with van der Waals surface area (Å²) in [5.41, 5.74) is 1.65. The van der Waals surface area contributed by atoms with Crippen LogP contribution in [0.4, 0.5) is 0 Å². The van der Waals surface area contributed by atoms with E-state index < -0.39 is 16.1 Å². The average molecular weight is 361 g/mol. The number of benzene rings is 3. The molecule has 3 rings (SSSR count). The normalized spacial score (nSPS) is 11.9. The van der Waals surface area contributed by atoms with Gasteiger partial charge in [0.25, 0.3) is 10.0 Å². The van der Waals surface area contributed by atoms with Crippen LogP contribution in [0.15, 0.2) is 95.9 Å². The van der Waals surface area contributed by atoms with Crippen LogP contribution in [0.1, 0.15) is 24.1 Å². The Labute approximate surface area is 155 Å². The van der Waals surface area contributed by atoms with E-state index in [0.29, 0.717) is 0 Å². The lowest BCUT2D eigenvalue weighted by Gasteiger charge is -2.25. The highest BCUT2D eigenvalue weighted by Crippen LogP contribution is 2.26. The van der Waals surface area contributed by atoms with Crippen LogP contribution in [0.3, 0.4) is 0 Å². The van der Waals surface area contributed by atoms with E-state index in [0.717, 1.165) is 11.1 Å². The Bertz CT molecular complexity index is 1010. The second-order valence-corrected chi connectivity index (χ2v) is 7.62. The first kappa shape index (κ1) is 17.8. The first-order valence-corrected chi connectivity index (χ1v) is 9.74. The van der Waals surface area contributed by atoms with Crippen molar-refractivity contribution in [1.82, 2.24) is 4.31 Å². The van der Waals surface area contributed by atoms with E-state index in [9.17, 15) is 8.42 Å². The van der Waals surface area contributed by atoms with E-state index in [2.05, 4.69) is 12.0 Å². The van der Waals surface area contributed by atoms with Crippen molar-refractivity contribution in [3.05, 3.63) is 102 Å². The van der Waals surface area contributed by atoms with Crippen molar-refractivity contribution >= 4 is 10.0 Å². The number of sulfonamides is 1. The largest absolute Gasteiger partial charge is 0.271 e. The monoisotopic (exact) mass is 361 g/mol. The van der Waals surface area contributed by atoms with Gasteiger partial charge in [0.05, 0.1) is 10.9 Å². The van der Waals surface area contributed by atoms with Gasteiger partial charge in [0, 0.05) is 11.6 Å². The molecule has 3 nitrogen and oxygen atoms in total. The molecular formula is C22H19NO2S. The number of hydrogen-bond donors (Lipinski definition) is 0. The SMILES string of the molecule is C[C@@H](c1ccccc1)N(C#Cc1ccccc1)S(=O)(=O)c1ccccc1. The zero-order valence-electron chi connectivity index (χ0n) is 14.4. The fourth-order valence-electron chi connectivity index (χ4n) is 2.58. The van der Waals surface area contributed by atoms with Crippen molar-refractivity contribution < 1.29 is 8.42 Å². The molecule has 1 atom stereocenters. The molecule has 0 aliphatic rings. The zero-order chi connectivity index (χ0) is 18.4.